The Balaban J connectivity index is 1.22. The SMILES string of the molecule is COc1cc2ncnc(Nc3ccc(F)c(Cl)c3)c2cc1CC(=O)/C=C/CN1CCC(N2CCNCC2)CC1. The van der Waals surface area contributed by atoms with Gasteiger partial charge in [-0.2, -0.15) is 0 Å². The second-order valence-electron chi connectivity index (χ2n) is 10.0. The molecule has 0 aliphatic carbocycles. The number of likely N-dealkylation sites (tertiary alicyclic amines) is 1. The van der Waals surface area contributed by atoms with Gasteiger partial charge in [0.2, 0.25) is 0 Å². The number of fused-ring (bicyclic) bond motifs is 1. The van der Waals surface area contributed by atoms with Gasteiger partial charge in [0.05, 0.1) is 17.6 Å². The van der Waals surface area contributed by atoms with E-state index in [-0.39, 0.29) is 17.2 Å². The van der Waals surface area contributed by atoms with Crippen LogP contribution in [0.25, 0.3) is 10.9 Å². The van der Waals surface area contributed by atoms with Crippen LogP contribution in [0.1, 0.15) is 18.4 Å². The number of carbonyl (C=O) groups is 1. The van der Waals surface area contributed by atoms with E-state index in [0.717, 1.165) is 56.8 Å². The van der Waals surface area contributed by atoms with E-state index in [4.69, 9.17) is 16.3 Å². The van der Waals surface area contributed by atoms with Gasteiger partial charge in [0, 0.05) is 67.9 Å². The topological polar surface area (TPSA) is 82.6 Å². The first-order valence-corrected chi connectivity index (χ1v) is 13.8. The Morgan fingerprint density at radius 3 is 2.72 bits per heavy atom. The van der Waals surface area contributed by atoms with Crippen LogP contribution in [-0.2, 0) is 11.2 Å². The second-order valence-corrected chi connectivity index (χ2v) is 10.4. The van der Waals surface area contributed by atoms with Crippen molar-refractivity contribution < 1.29 is 13.9 Å². The number of nitrogens with zero attached hydrogens (tertiary/aromatic N) is 4. The van der Waals surface area contributed by atoms with Crippen molar-refractivity contribution in [3.05, 3.63) is 65.2 Å². The van der Waals surface area contributed by atoms with Crippen molar-refractivity contribution in [1.82, 2.24) is 25.1 Å². The number of allylic oxidation sites excluding steroid dienone is 1. The molecule has 0 spiro atoms. The van der Waals surface area contributed by atoms with E-state index in [1.807, 2.05) is 12.1 Å². The lowest BCUT2D eigenvalue weighted by Gasteiger charge is -2.40. The molecule has 39 heavy (non-hydrogen) atoms. The van der Waals surface area contributed by atoms with Gasteiger partial charge in [0.1, 0.15) is 23.7 Å². The highest BCUT2D eigenvalue weighted by Gasteiger charge is 2.25. The highest BCUT2D eigenvalue weighted by molar-refractivity contribution is 6.31. The molecule has 0 saturated carbocycles. The first-order valence-electron chi connectivity index (χ1n) is 13.4. The first kappa shape index (κ1) is 27.5. The zero-order chi connectivity index (χ0) is 27.2. The molecule has 8 nitrogen and oxygen atoms in total. The van der Waals surface area contributed by atoms with Crippen LogP contribution in [0.5, 0.6) is 5.75 Å². The van der Waals surface area contributed by atoms with Crippen molar-refractivity contribution in [2.75, 3.05) is 58.2 Å². The summed E-state index contributed by atoms with van der Waals surface area (Å²) in [5.41, 5.74) is 2.00. The third kappa shape index (κ3) is 6.91. The van der Waals surface area contributed by atoms with E-state index in [0.29, 0.717) is 28.8 Å². The van der Waals surface area contributed by atoms with Gasteiger partial charge in [-0.05, 0) is 56.3 Å². The van der Waals surface area contributed by atoms with Gasteiger partial charge in [-0.15, -0.1) is 0 Å². The van der Waals surface area contributed by atoms with Crippen molar-refractivity contribution in [3.63, 3.8) is 0 Å². The highest BCUT2D eigenvalue weighted by atomic mass is 35.5. The van der Waals surface area contributed by atoms with Gasteiger partial charge < -0.3 is 15.4 Å². The number of halogens is 2. The molecule has 0 unspecified atom stereocenters. The van der Waals surface area contributed by atoms with Gasteiger partial charge in [-0.1, -0.05) is 17.7 Å². The molecule has 0 amide bonds. The number of hydrogen-bond acceptors (Lipinski definition) is 8. The van der Waals surface area contributed by atoms with Gasteiger partial charge in [-0.3, -0.25) is 14.6 Å². The standard InChI is InChI=1S/C29H34ClFN6O2/c1-39-28-18-27-24(29(34-19-33-27)35-21-4-5-26(31)25(30)17-21)16-20(28)15-23(38)3-2-10-36-11-6-22(7-12-36)37-13-8-32-9-14-37/h2-5,16-19,22,32H,6-15H2,1H3,(H,33,34,35)/b3-2+. The minimum absolute atomic E-state index is 0.0000257. The van der Waals surface area contributed by atoms with Crippen LogP contribution < -0.4 is 15.4 Å². The Bertz CT molecular complexity index is 1340. The van der Waals surface area contributed by atoms with Crippen molar-refractivity contribution >= 4 is 39.8 Å². The number of ether oxygens (including phenoxy) is 1. The summed E-state index contributed by atoms with van der Waals surface area (Å²) in [6, 6.07) is 8.72. The monoisotopic (exact) mass is 552 g/mol. The lowest BCUT2D eigenvalue weighted by atomic mass is 10.0. The Morgan fingerprint density at radius 1 is 1.18 bits per heavy atom. The number of piperazine rings is 1. The predicted molar refractivity (Wildman–Crippen MR) is 153 cm³/mol. The lowest BCUT2D eigenvalue weighted by Crippen LogP contribution is -2.51. The number of methoxy groups -OCH3 is 1. The van der Waals surface area contributed by atoms with Crippen molar-refractivity contribution in [3.8, 4) is 5.75 Å². The molecule has 2 N–H and O–H groups in total. The van der Waals surface area contributed by atoms with Gasteiger partial charge in [-0.25, -0.2) is 14.4 Å². The number of ketones is 1. The molecule has 2 aromatic carbocycles. The summed E-state index contributed by atoms with van der Waals surface area (Å²) < 4.78 is 19.2. The fourth-order valence-electron chi connectivity index (χ4n) is 5.36. The van der Waals surface area contributed by atoms with Crippen molar-refractivity contribution in [1.29, 1.82) is 0 Å². The normalized spacial score (nSPS) is 17.6. The van der Waals surface area contributed by atoms with Gasteiger partial charge in [0.25, 0.3) is 0 Å². The maximum Gasteiger partial charge on any atom is 0.159 e. The number of rotatable bonds is 9. The van der Waals surface area contributed by atoms with Gasteiger partial charge in [0.15, 0.2) is 5.78 Å². The van der Waals surface area contributed by atoms with E-state index in [2.05, 4.69) is 30.4 Å². The van der Waals surface area contributed by atoms with Crippen LogP contribution in [0.2, 0.25) is 5.02 Å². The summed E-state index contributed by atoms with van der Waals surface area (Å²) in [5, 5.41) is 7.33. The summed E-state index contributed by atoms with van der Waals surface area (Å²) in [6.07, 6.45) is 7.63. The van der Waals surface area contributed by atoms with E-state index in [1.165, 1.54) is 31.3 Å². The maximum absolute atomic E-state index is 13.6. The summed E-state index contributed by atoms with van der Waals surface area (Å²) in [4.78, 5) is 26.6. The first-order chi connectivity index (χ1) is 19.0. The van der Waals surface area contributed by atoms with Crippen LogP contribution in [0, 0.1) is 5.82 Å². The Hall–Kier alpha value is -3.11. The van der Waals surface area contributed by atoms with Crippen LogP contribution in [0.15, 0.2) is 48.8 Å². The zero-order valence-corrected chi connectivity index (χ0v) is 22.9. The van der Waals surface area contributed by atoms with E-state index in [1.54, 1.807) is 25.3 Å². The highest BCUT2D eigenvalue weighted by Crippen LogP contribution is 2.31. The Morgan fingerprint density at radius 2 is 1.97 bits per heavy atom. The number of piperidine rings is 1. The number of carbonyl (C=O) groups excluding carboxylic acids is 1. The zero-order valence-electron chi connectivity index (χ0n) is 22.1. The minimum Gasteiger partial charge on any atom is -0.496 e. The Labute approximate surface area is 233 Å². The van der Waals surface area contributed by atoms with E-state index in [9.17, 15) is 9.18 Å². The average molecular weight is 553 g/mol. The molecular weight excluding hydrogens is 519 g/mol. The van der Waals surface area contributed by atoms with E-state index < -0.39 is 5.82 Å². The number of hydrogen-bond donors (Lipinski definition) is 2. The van der Waals surface area contributed by atoms with E-state index >= 15 is 0 Å². The molecule has 10 heteroatoms. The molecule has 2 saturated heterocycles. The summed E-state index contributed by atoms with van der Waals surface area (Å²) >= 11 is 5.93. The van der Waals surface area contributed by atoms with Crippen LogP contribution in [-0.4, -0.2) is 84.5 Å². The maximum atomic E-state index is 13.6. The molecule has 1 aromatic heterocycles. The molecule has 0 radical (unpaired) electrons. The quantitative estimate of drug-likeness (QED) is 0.382. The van der Waals surface area contributed by atoms with Crippen LogP contribution >= 0.6 is 11.6 Å². The Kier molecular flexibility index (Phi) is 9.03. The fraction of sp³-hybridized carbons (Fsp3) is 0.414. The number of aromatic nitrogens is 2. The molecule has 2 aliphatic rings. The third-order valence-corrected chi connectivity index (χ3v) is 7.77. The molecular formula is C29H34ClFN6O2. The molecule has 5 rings (SSSR count). The molecule has 2 aliphatic heterocycles. The molecule has 2 fully saturated rings. The summed E-state index contributed by atoms with van der Waals surface area (Å²) in [5.74, 6) is 0.626. The minimum atomic E-state index is -0.493. The molecule has 3 heterocycles. The molecule has 0 atom stereocenters. The third-order valence-electron chi connectivity index (χ3n) is 7.48. The predicted octanol–water partition coefficient (Wildman–Crippen LogP) is 4.21. The lowest BCUT2D eigenvalue weighted by molar-refractivity contribution is -0.114. The van der Waals surface area contributed by atoms with Crippen molar-refractivity contribution in [2.24, 2.45) is 0 Å². The summed E-state index contributed by atoms with van der Waals surface area (Å²) in [6.45, 7) is 7.34. The molecule has 0 bridgehead atoms. The van der Waals surface area contributed by atoms with Crippen molar-refractivity contribution in [2.45, 2.75) is 25.3 Å². The number of nitrogens with one attached hydrogen (secondary N) is 2. The average Bonchev–Trinajstić information content (AvgIpc) is 2.96. The van der Waals surface area contributed by atoms with Crippen LogP contribution in [0.3, 0.4) is 0 Å². The second kappa shape index (κ2) is 12.8. The number of anilines is 2. The largest absolute Gasteiger partial charge is 0.496 e. The fourth-order valence-corrected chi connectivity index (χ4v) is 5.54. The van der Waals surface area contributed by atoms with Crippen LogP contribution in [0.4, 0.5) is 15.9 Å². The molecule has 3 aromatic rings. The number of benzene rings is 2. The molecule has 206 valence electrons. The summed E-state index contributed by atoms with van der Waals surface area (Å²) in [7, 11) is 1.58. The smallest absolute Gasteiger partial charge is 0.159 e. The van der Waals surface area contributed by atoms with Gasteiger partial charge >= 0.3 is 0 Å².